The minimum absolute atomic E-state index is 0.590. The van der Waals surface area contributed by atoms with Gasteiger partial charge < -0.3 is 0 Å². The molecular weight excluding hydrogens is 183 g/mol. The normalized spacial score (nSPS) is 27.1. The summed E-state index contributed by atoms with van der Waals surface area (Å²) in [5, 5.41) is 1.50. The fourth-order valence-corrected chi connectivity index (χ4v) is 2.54. The van der Waals surface area contributed by atoms with E-state index < -0.39 is 0 Å². The molecule has 58 valence electrons. The molecule has 0 saturated carbocycles. The SMILES string of the molecule is CC1=C(C)C(C)[C]([Co])=C1[SiH3]. The first-order valence-electron chi connectivity index (χ1n) is 3.57. The molecule has 0 nitrogen and oxygen atoms in total. The zero-order valence-corrected chi connectivity index (χ0v) is 9.95. The van der Waals surface area contributed by atoms with Crippen molar-refractivity contribution in [2.45, 2.75) is 20.8 Å². The second kappa shape index (κ2) is 2.68. The molecule has 1 rings (SSSR count). The van der Waals surface area contributed by atoms with Gasteiger partial charge in [0.1, 0.15) is 0 Å². The Morgan fingerprint density at radius 3 is 2.00 bits per heavy atom. The van der Waals surface area contributed by atoms with Gasteiger partial charge in [0, 0.05) is 0 Å². The summed E-state index contributed by atoms with van der Waals surface area (Å²) < 4.78 is 1.30. The van der Waals surface area contributed by atoms with Crippen LogP contribution in [0.1, 0.15) is 20.8 Å². The van der Waals surface area contributed by atoms with Crippen molar-refractivity contribution in [3.05, 3.63) is 20.9 Å². The molecule has 0 aromatic rings. The Hall–Kier alpha value is 0.203. The fraction of sp³-hybridized carbons (Fsp3) is 0.500. The summed E-state index contributed by atoms with van der Waals surface area (Å²) in [5.41, 5.74) is 3.00. The Bertz CT molecular complexity index is 201. The average Bonchev–Trinajstić information content (AvgIpc) is 2.07. The van der Waals surface area contributed by atoms with E-state index in [0.29, 0.717) is 5.92 Å². The molecule has 0 spiro atoms. The second-order valence-corrected chi connectivity index (χ2v) is 4.54. The van der Waals surface area contributed by atoms with Crippen LogP contribution in [0.2, 0.25) is 0 Å². The topological polar surface area (TPSA) is 0 Å². The molecule has 1 aliphatic rings. The number of allylic oxidation sites excluding steroid dienone is 4. The van der Waals surface area contributed by atoms with E-state index in [1.165, 1.54) is 20.9 Å². The Labute approximate surface area is 73.8 Å². The van der Waals surface area contributed by atoms with Gasteiger partial charge in [-0.2, -0.15) is 0 Å². The molecule has 0 bridgehead atoms. The van der Waals surface area contributed by atoms with Crippen LogP contribution in [0.15, 0.2) is 20.9 Å². The van der Waals surface area contributed by atoms with Crippen molar-refractivity contribution in [2.24, 2.45) is 5.92 Å². The minimum atomic E-state index is 0.590. The molecule has 0 aliphatic heterocycles. The zero-order chi connectivity index (χ0) is 7.89. The molecule has 1 unspecified atom stereocenters. The summed E-state index contributed by atoms with van der Waals surface area (Å²) >= 11 is 4.52. The predicted molar refractivity (Wildman–Crippen MR) is 44.5 cm³/mol. The molecule has 0 aromatic heterocycles. The summed E-state index contributed by atoms with van der Waals surface area (Å²) in [4.78, 5) is 0. The van der Waals surface area contributed by atoms with Gasteiger partial charge in [0.15, 0.2) is 0 Å². The summed E-state index contributed by atoms with van der Waals surface area (Å²) in [6, 6.07) is 0. The van der Waals surface area contributed by atoms with Gasteiger partial charge in [-0.1, -0.05) is 0 Å². The van der Waals surface area contributed by atoms with Crippen LogP contribution in [0.5, 0.6) is 0 Å². The molecule has 1 atom stereocenters. The van der Waals surface area contributed by atoms with E-state index in [2.05, 4.69) is 36.5 Å². The van der Waals surface area contributed by atoms with Gasteiger partial charge in [0.05, 0.1) is 0 Å². The standard InChI is InChI=1S/C8H13Si.Co/c1-5-4-8(9)7(3)6(5)2;/h5H,1-3,9H3;. The molecule has 0 fully saturated rings. The molecule has 2 heteroatoms. The summed E-state index contributed by atoms with van der Waals surface area (Å²) in [6.45, 7) is 6.64. The number of hydrogen-bond acceptors (Lipinski definition) is 0. The van der Waals surface area contributed by atoms with Gasteiger partial charge in [0.2, 0.25) is 0 Å². The molecular formula is C8H13CoSi. The quantitative estimate of drug-likeness (QED) is 0.509. The van der Waals surface area contributed by atoms with Crippen LogP contribution in [0.4, 0.5) is 0 Å². The van der Waals surface area contributed by atoms with Gasteiger partial charge in [-0.3, -0.25) is 0 Å². The van der Waals surface area contributed by atoms with Crippen molar-refractivity contribution in [3.8, 4) is 0 Å². The maximum atomic E-state index is 4.52. The molecule has 1 aliphatic carbocycles. The van der Waals surface area contributed by atoms with Gasteiger partial charge in [-0.15, -0.1) is 0 Å². The molecule has 0 radical (unpaired) electrons. The molecule has 0 N–H and O–H groups in total. The fourth-order valence-electron chi connectivity index (χ4n) is 1.30. The molecule has 0 heterocycles. The van der Waals surface area contributed by atoms with Crippen molar-refractivity contribution in [3.63, 3.8) is 0 Å². The van der Waals surface area contributed by atoms with Gasteiger partial charge in [0.25, 0.3) is 0 Å². The van der Waals surface area contributed by atoms with Crippen LogP contribution in [0.25, 0.3) is 0 Å². The Morgan fingerprint density at radius 1 is 1.40 bits per heavy atom. The number of rotatable bonds is 0. The Kier molecular flexibility index (Phi) is 2.22. The zero-order valence-electron chi connectivity index (χ0n) is 6.91. The third-order valence-corrected chi connectivity index (χ3v) is 5.07. The summed E-state index contributed by atoms with van der Waals surface area (Å²) in [6.07, 6.45) is 0. The molecule has 10 heavy (non-hydrogen) atoms. The van der Waals surface area contributed by atoms with Gasteiger partial charge in [-0.25, -0.2) is 0 Å². The van der Waals surface area contributed by atoms with E-state index in [4.69, 9.17) is 0 Å². The van der Waals surface area contributed by atoms with Crippen molar-refractivity contribution in [1.82, 2.24) is 0 Å². The van der Waals surface area contributed by atoms with Crippen LogP contribution in [0, 0.1) is 5.92 Å². The van der Waals surface area contributed by atoms with Crippen molar-refractivity contribution in [2.75, 3.05) is 0 Å². The van der Waals surface area contributed by atoms with Crippen molar-refractivity contribution in [1.29, 1.82) is 0 Å². The van der Waals surface area contributed by atoms with E-state index in [9.17, 15) is 0 Å². The Morgan fingerprint density at radius 2 is 1.90 bits per heavy atom. The Balaban J connectivity index is 3.09. The molecule has 0 amide bonds. The van der Waals surface area contributed by atoms with E-state index in [1.54, 1.807) is 0 Å². The van der Waals surface area contributed by atoms with Gasteiger partial charge >= 0.3 is 73.5 Å². The van der Waals surface area contributed by atoms with Crippen molar-refractivity contribution < 1.29 is 15.7 Å². The average molecular weight is 196 g/mol. The summed E-state index contributed by atoms with van der Waals surface area (Å²) in [5.74, 6) is 0.590. The van der Waals surface area contributed by atoms with E-state index in [-0.39, 0.29) is 0 Å². The van der Waals surface area contributed by atoms with Gasteiger partial charge in [-0.05, 0) is 0 Å². The van der Waals surface area contributed by atoms with Crippen LogP contribution < -0.4 is 0 Å². The van der Waals surface area contributed by atoms with Crippen LogP contribution in [-0.2, 0) is 15.7 Å². The van der Waals surface area contributed by atoms with E-state index >= 15 is 0 Å². The second-order valence-electron chi connectivity index (χ2n) is 2.98. The van der Waals surface area contributed by atoms with Crippen molar-refractivity contribution >= 4 is 10.2 Å². The van der Waals surface area contributed by atoms with Crippen LogP contribution in [0.3, 0.4) is 0 Å². The van der Waals surface area contributed by atoms with Crippen LogP contribution in [-0.4, -0.2) is 10.2 Å². The first-order chi connectivity index (χ1) is 4.55. The first kappa shape index (κ1) is 8.30. The predicted octanol–water partition coefficient (Wildman–Crippen LogP) is 1.10. The first-order valence-corrected chi connectivity index (χ1v) is 5.09. The third-order valence-electron chi connectivity index (χ3n) is 2.51. The monoisotopic (exact) mass is 196 g/mol. The maximum absolute atomic E-state index is 4.52. The molecule has 0 aromatic carbocycles. The molecule has 0 saturated heterocycles. The summed E-state index contributed by atoms with van der Waals surface area (Å²) in [7, 11) is 1.14. The van der Waals surface area contributed by atoms with Crippen LogP contribution >= 0.6 is 0 Å². The van der Waals surface area contributed by atoms with E-state index in [0.717, 1.165) is 10.2 Å². The number of hydrogen-bond donors (Lipinski definition) is 0. The third kappa shape index (κ3) is 1.04. The van der Waals surface area contributed by atoms with E-state index in [1.807, 2.05) is 0 Å².